The number of benzene rings is 2. The van der Waals surface area contributed by atoms with Crippen LogP contribution < -0.4 is 0 Å². The lowest BCUT2D eigenvalue weighted by atomic mass is 9.92. The quantitative estimate of drug-likeness (QED) is 0.792. The van der Waals surface area contributed by atoms with Gasteiger partial charge in [-0.15, -0.1) is 0 Å². The number of hydrogen-bond acceptors (Lipinski definition) is 4. The van der Waals surface area contributed by atoms with Crippen molar-refractivity contribution in [2.75, 3.05) is 0 Å². The van der Waals surface area contributed by atoms with Gasteiger partial charge < -0.3 is 9.47 Å². The summed E-state index contributed by atoms with van der Waals surface area (Å²) in [4.78, 5) is 25.7. The Morgan fingerprint density at radius 2 is 1.81 bits per heavy atom. The molecule has 2 aliphatic heterocycles. The number of cyclic esters (lactones) is 1. The van der Waals surface area contributed by atoms with Crippen LogP contribution in [0.4, 0.5) is 4.79 Å². The van der Waals surface area contributed by atoms with Gasteiger partial charge >= 0.3 is 12.1 Å². The Morgan fingerprint density at radius 1 is 1.04 bits per heavy atom. The van der Waals surface area contributed by atoms with Crippen LogP contribution >= 0.6 is 0 Å². The van der Waals surface area contributed by atoms with Gasteiger partial charge in [-0.1, -0.05) is 54.6 Å². The van der Waals surface area contributed by atoms with E-state index in [0.29, 0.717) is 0 Å². The minimum atomic E-state index is -0.544. The molecule has 26 heavy (non-hydrogen) atoms. The molecule has 0 aliphatic carbocycles. The van der Waals surface area contributed by atoms with E-state index >= 15 is 0 Å². The van der Waals surface area contributed by atoms with E-state index in [1.807, 2.05) is 60.7 Å². The van der Waals surface area contributed by atoms with Crippen molar-refractivity contribution in [1.29, 1.82) is 0 Å². The lowest BCUT2D eigenvalue weighted by Crippen LogP contribution is -2.39. The summed E-state index contributed by atoms with van der Waals surface area (Å²) in [5, 5.41) is 0. The van der Waals surface area contributed by atoms with E-state index in [1.54, 1.807) is 12.3 Å². The van der Waals surface area contributed by atoms with Crippen molar-refractivity contribution in [3.63, 3.8) is 0 Å². The molecule has 2 heterocycles. The summed E-state index contributed by atoms with van der Waals surface area (Å²) < 4.78 is 10.8. The van der Waals surface area contributed by atoms with Crippen LogP contribution in [-0.4, -0.2) is 23.1 Å². The van der Waals surface area contributed by atoms with Gasteiger partial charge in [0.1, 0.15) is 18.8 Å². The molecule has 0 bridgehead atoms. The standard InChI is InChI=1S/C21H17NO4/c23-19-11-10-18(26-19)20-17-9-5-4-8-16(17)12-13-22(20)21(24)25-14-15-6-2-1-3-7-15/h1-13,18,20H,14H2/t18-,20-/m1/s1. The van der Waals surface area contributed by atoms with Crippen molar-refractivity contribution in [1.82, 2.24) is 4.90 Å². The summed E-state index contributed by atoms with van der Waals surface area (Å²) in [7, 11) is 0. The summed E-state index contributed by atoms with van der Waals surface area (Å²) in [5.74, 6) is -0.403. The third kappa shape index (κ3) is 3.11. The summed E-state index contributed by atoms with van der Waals surface area (Å²) in [6, 6.07) is 16.8. The molecule has 0 fully saturated rings. The van der Waals surface area contributed by atoms with Crippen molar-refractivity contribution in [2.45, 2.75) is 18.8 Å². The monoisotopic (exact) mass is 347 g/mol. The zero-order valence-electron chi connectivity index (χ0n) is 13.9. The zero-order valence-corrected chi connectivity index (χ0v) is 13.9. The molecule has 0 aromatic heterocycles. The molecule has 5 heteroatoms. The highest BCUT2D eigenvalue weighted by Gasteiger charge is 2.37. The van der Waals surface area contributed by atoms with Crippen LogP contribution in [0.2, 0.25) is 0 Å². The van der Waals surface area contributed by atoms with Crippen LogP contribution in [0.3, 0.4) is 0 Å². The molecule has 0 unspecified atom stereocenters. The number of nitrogens with zero attached hydrogens (tertiary/aromatic N) is 1. The lowest BCUT2D eigenvalue weighted by Gasteiger charge is -2.34. The van der Waals surface area contributed by atoms with Gasteiger partial charge in [-0.3, -0.25) is 4.90 Å². The first-order valence-electron chi connectivity index (χ1n) is 8.37. The molecular weight excluding hydrogens is 330 g/mol. The number of ether oxygens (including phenoxy) is 2. The van der Waals surface area contributed by atoms with Gasteiger partial charge in [-0.05, 0) is 28.8 Å². The molecule has 2 aromatic carbocycles. The Bertz CT molecular complexity index is 888. The van der Waals surface area contributed by atoms with Gasteiger partial charge in [0.2, 0.25) is 0 Å². The Balaban J connectivity index is 1.58. The van der Waals surface area contributed by atoms with Gasteiger partial charge in [0.15, 0.2) is 0 Å². The van der Waals surface area contributed by atoms with E-state index in [9.17, 15) is 9.59 Å². The normalized spacial score (nSPS) is 20.6. The highest BCUT2D eigenvalue weighted by Crippen LogP contribution is 2.36. The third-order valence-electron chi connectivity index (χ3n) is 4.43. The fourth-order valence-electron chi connectivity index (χ4n) is 3.19. The molecule has 1 amide bonds. The summed E-state index contributed by atoms with van der Waals surface area (Å²) in [6.07, 6.45) is 5.58. The fraction of sp³-hybridized carbons (Fsp3) is 0.143. The molecular formula is C21H17NO4. The summed E-state index contributed by atoms with van der Waals surface area (Å²) in [6.45, 7) is 0.179. The average Bonchev–Trinajstić information content (AvgIpc) is 3.12. The maximum Gasteiger partial charge on any atom is 0.414 e. The molecule has 0 saturated heterocycles. The number of rotatable bonds is 3. The largest absolute Gasteiger partial charge is 0.452 e. The van der Waals surface area contributed by atoms with Crippen molar-refractivity contribution >= 4 is 18.1 Å². The second kappa shape index (κ2) is 6.88. The molecule has 0 spiro atoms. The minimum absolute atomic E-state index is 0.179. The zero-order chi connectivity index (χ0) is 17.9. The highest BCUT2D eigenvalue weighted by molar-refractivity contribution is 5.85. The Kier molecular flexibility index (Phi) is 4.27. The van der Waals surface area contributed by atoms with Crippen molar-refractivity contribution < 1.29 is 19.1 Å². The molecule has 5 nitrogen and oxygen atoms in total. The van der Waals surface area contributed by atoms with Crippen LogP contribution in [0.5, 0.6) is 0 Å². The van der Waals surface area contributed by atoms with Gasteiger partial charge in [0.05, 0.1) is 0 Å². The number of hydrogen-bond donors (Lipinski definition) is 0. The molecule has 2 aliphatic rings. The predicted molar refractivity (Wildman–Crippen MR) is 95.7 cm³/mol. The number of amides is 1. The van der Waals surface area contributed by atoms with Gasteiger partial charge in [0.25, 0.3) is 0 Å². The van der Waals surface area contributed by atoms with E-state index in [2.05, 4.69) is 0 Å². The van der Waals surface area contributed by atoms with E-state index in [0.717, 1.165) is 16.7 Å². The van der Waals surface area contributed by atoms with Crippen LogP contribution in [-0.2, 0) is 20.9 Å². The van der Waals surface area contributed by atoms with Gasteiger partial charge in [0, 0.05) is 12.3 Å². The van der Waals surface area contributed by atoms with Gasteiger partial charge in [-0.25, -0.2) is 9.59 Å². The third-order valence-corrected chi connectivity index (χ3v) is 4.43. The smallest absolute Gasteiger partial charge is 0.414 e. The second-order valence-electron chi connectivity index (χ2n) is 6.10. The molecule has 0 saturated carbocycles. The van der Waals surface area contributed by atoms with Crippen LogP contribution in [0.25, 0.3) is 6.08 Å². The van der Waals surface area contributed by atoms with Crippen molar-refractivity contribution in [3.8, 4) is 0 Å². The Hall–Kier alpha value is -3.34. The maximum atomic E-state index is 12.7. The lowest BCUT2D eigenvalue weighted by molar-refractivity contribution is -0.140. The van der Waals surface area contributed by atoms with Crippen LogP contribution in [0.1, 0.15) is 22.7 Å². The molecule has 0 N–H and O–H groups in total. The highest BCUT2D eigenvalue weighted by atomic mass is 16.6. The number of carbonyl (C=O) groups is 2. The summed E-state index contributed by atoms with van der Waals surface area (Å²) in [5.41, 5.74) is 2.81. The van der Waals surface area contributed by atoms with Crippen molar-refractivity contribution in [3.05, 3.63) is 89.6 Å². The maximum absolute atomic E-state index is 12.7. The Morgan fingerprint density at radius 3 is 2.58 bits per heavy atom. The molecule has 4 rings (SSSR count). The van der Waals surface area contributed by atoms with Crippen LogP contribution in [0, 0.1) is 0 Å². The Labute approximate surface area is 151 Å². The van der Waals surface area contributed by atoms with E-state index in [-0.39, 0.29) is 6.61 Å². The minimum Gasteiger partial charge on any atom is -0.452 e. The average molecular weight is 347 g/mol. The fourth-order valence-corrected chi connectivity index (χ4v) is 3.19. The molecule has 2 aromatic rings. The van der Waals surface area contributed by atoms with E-state index in [1.165, 1.54) is 11.0 Å². The van der Waals surface area contributed by atoms with E-state index < -0.39 is 24.2 Å². The topological polar surface area (TPSA) is 55.8 Å². The number of esters is 1. The second-order valence-corrected chi connectivity index (χ2v) is 6.10. The molecule has 0 radical (unpaired) electrons. The number of carbonyl (C=O) groups excluding carboxylic acids is 2. The molecule has 2 atom stereocenters. The van der Waals surface area contributed by atoms with Crippen LogP contribution in [0.15, 0.2) is 72.9 Å². The molecule has 130 valence electrons. The first-order valence-corrected chi connectivity index (χ1v) is 8.37. The summed E-state index contributed by atoms with van der Waals surface area (Å²) >= 11 is 0. The first-order chi connectivity index (χ1) is 12.7. The first kappa shape index (κ1) is 16.1. The van der Waals surface area contributed by atoms with E-state index in [4.69, 9.17) is 9.47 Å². The number of fused-ring (bicyclic) bond motifs is 1. The van der Waals surface area contributed by atoms with Gasteiger partial charge in [-0.2, -0.15) is 0 Å². The SMILES string of the molecule is O=C1C=C[C@H]([C@H]2c3ccccc3C=CN2C(=O)OCc2ccccc2)O1. The van der Waals surface area contributed by atoms with Crippen molar-refractivity contribution in [2.24, 2.45) is 0 Å². The predicted octanol–water partition coefficient (Wildman–Crippen LogP) is 3.83.